The molecule has 2 fully saturated rings. The van der Waals surface area contributed by atoms with Crippen LogP contribution in [0.15, 0.2) is 24.4 Å². The predicted octanol–water partition coefficient (Wildman–Crippen LogP) is 3.31. The number of hydrogen-bond acceptors (Lipinski definition) is 6. The Morgan fingerprint density at radius 3 is 2.71 bits per heavy atom. The van der Waals surface area contributed by atoms with Gasteiger partial charge in [-0.25, -0.2) is 18.3 Å². The number of carbonyl (C=O) groups excluding carboxylic acids is 1. The van der Waals surface area contributed by atoms with Gasteiger partial charge in [0.2, 0.25) is 0 Å². The number of aromatic nitrogens is 3. The fourth-order valence-electron chi connectivity index (χ4n) is 5.04. The number of anilines is 1. The summed E-state index contributed by atoms with van der Waals surface area (Å²) < 4.78 is 30.4. The zero-order valence-corrected chi connectivity index (χ0v) is 19.6. The summed E-state index contributed by atoms with van der Waals surface area (Å²) in [4.78, 5) is 21.5. The standard InChI is InChI=1S/C25H26F2N6O2/c1-14-6-7-17(23(27)22(14)26)25(35)32-8-4-3-5-19(32)18-9-21-29-24(15(2)11-33(21)30-18)31-12-16(10-28)20(34)13-31/h6-7,9,11,16,19-20,34H,3-5,8,12-13H2,1-2H3/t16?,19-,20-/m0/s1. The van der Waals surface area contributed by atoms with Gasteiger partial charge in [0.1, 0.15) is 5.82 Å². The molecule has 0 radical (unpaired) electrons. The second-order valence-electron chi connectivity index (χ2n) is 9.40. The molecule has 1 N–H and O–H groups in total. The molecule has 4 heterocycles. The molecule has 0 bridgehead atoms. The summed E-state index contributed by atoms with van der Waals surface area (Å²) in [5.41, 5.74) is 1.91. The lowest BCUT2D eigenvalue weighted by Crippen LogP contribution is -2.39. The van der Waals surface area contributed by atoms with E-state index < -0.39 is 29.6 Å². The summed E-state index contributed by atoms with van der Waals surface area (Å²) in [7, 11) is 0. The third-order valence-electron chi connectivity index (χ3n) is 6.99. The van der Waals surface area contributed by atoms with E-state index >= 15 is 0 Å². The highest BCUT2D eigenvalue weighted by Crippen LogP contribution is 2.33. The van der Waals surface area contributed by atoms with Crippen LogP contribution in [0, 0.1) is 42.7 Å². The summed E-state index contributed by atoms with van der Waals surface area (Å²) >= 11 is 0. The Kier molecular flexibility index (Phi) is 5.89. The third kappa shape index (κ3) is 4.00. The van der Waals surface area contributed by atoms with E-state index in [1.54, 1.807) is 15.5 Å². The molecule has 10 heteroatoms. The van der Waals surface area contributed by atoms with Gasteiger partial charge in [-0.15, -0.1) is 0 Å². The molecule has 1 unspecified atom stereocenters. The average Bonchev–Trinajstić information content (AvgIpc) is 3.44. The number of benzene rings is 1. The van der Waals surface area contributed by atoms with Crippen LogP contribution in [0.5, 0.6) is 0 Å². The number of piperidine rings is 1. The van der Waals surface area contributed by atoms with E-state index in [0.29, 0.717) is 43.2 Å². The lowest BCUT2D eigenvalue weighted by atomic mass is 9.98. The van der Waals surface area contributed by atoms with Gasteiger partial charge in [0.25, 0.3) is 5.91 Å². The van der Waals surface area contributed by atoms with Crippen LogP contribution in [0.3, 0.4) is 0 Å². The fourth-order valence-corrected chi connectivity index (χ4v) is 5.04. The number of nitriles is 1. The van der Waals surface area contributed by atoms with Crippen LogP contribution in [-0.2, 0) is 0 Å². The first-order chi connectivity index (χ1) is 16.8. The number of carbonyl (C=O) groups is 1. The van der Waals surface area contributed by atoms with Crippen molar-refractivity contribution in [3.63, 3.8) is 0 Å². The Balaban J connectivity index is 1.47. The number of fused-ring (bicyclic) bond motifs is 1. The highest BCUT2D eigenvalue weighted by Gasteiger charge is 2.34. The van der Waals surface area contributed by atoms with Gasteiger partial charge >= 0.3 is 0 Å². The number of aryl methyl sites for hydroxylation is 2. The van der Waals surface area contributed by atoms with Crippen molar-refractivity contribution in [1.29, 1.82) is 5.26 Å². The molecule has 0 aliphatic carbocycles. The summed E-state index contributed by atoms with van der Waals surface area (Å²) in [6.07, 6.45) is 3.40. The number of β-amino-alcohol motifs (C(OH)–C–C–N with tert-alkyl or cyclic N) is 1. The van der Waals surface area contributed by atoms with Crippen molar-refractivity contribution >= 4 is 17.4 Å². The minimum absolute atomic E-state index is 0.151. The molecule has 2 saturated heterocycles. The Labute approximate surface area is 201 Å². The lowest BCUT2D eigenvalue weighted by molar-refractivity contribution is 0.0599. The van der Waals surface area contributed by atoms with Crippen molar-refractivity contribution in [2.75, 3.05) is 24.5 Å². The molecule has 8 nitrogen and oxygen atoms in total. The molecule has 3 aromatic rings. The number of hydrogen-bond donors (Lipinski definition) is 1. The van der Waals surface area contributed by atoms with Gasteiger partial charge in [0.05, 0.1) is 35.4 Å². The van der Waals surface area contributed by atoms with Crippen LogP contribution in [0.1, 0.15) is 52.5 Å². The molecular formula is C25H26F2N6O2. The molecule has 2 aliphatic heterocycles. The lowest BCUT2D eigenvalue weighted by Gasteiger charge is -2.34. The van der Waals surface area contributed by atoms with Gasteiger partial charge < -0.3 is 14.9 Å². The zero-order valence-electron chi connectivity index (χ0n) is 19.6. The van der Waals surface area contributed by atoms with Gasteiger partial charge in [0.15, 0.2) is 17.3 Å². The van der Waals surface area contributed by atoms with Gasteiger partial charge in [-0.1, -0.05) is 6.07 Å². The van der Waals surface area contributed by atoms with Crippen LogP contribution >= 0.6 is 0 Å². The maximum absolute atomic E-state index is 14.6. The Bertz CT molecular complexity index is 1350. The maximum Gasteiger partial charge on any atom is 0.257 e. The normalized spacial score (nSPS) is 22.6. The Morgan fingerprint density at radius 2 is 1.97 bits per heavy atom. The monoisotopic (exact) mass is 480 g/mol. The third-order valence-corrected chi connectivity index (χ3v) is 6.99. The van der Waals surface area contributed by atoms with Crippen molar-refractivity contribution in [1.82, 2.24) is 19.5 Å². The SMILES string of the molecule is Cc1cn2nc([C@@H]3CCCCN3C(=O)c3ccc(C)c(F)c3F)cc2nc1N1CC(C#N)[C@@H](O)C1. The average molecular weight is 481 g/mol. The topological polar surface area (TPSA) is 97.8 Å². The van der Waals surface area contributed by atoms with Gasteiger partial charge in [-0.05, 0) is 44.7 Å². The molecule has 0 saturated carbocycles. The van der Waals surface area contributed by atoms with Crippen molar-refractivity contribution in [2.24, 2.45) is 5.92 Å². The molecule has 35 heavy (non-hydrogen) atoms. The summed E-state index contributed by atoms with van der Waals surface area (Å²) in [5.74, 6) is -2.48. The van der Waals surface area contributed by atoms with Crippen molar-refractivity contribution in [3.8, 4) is 6.07 Å². The van der Waals surface area contributed by atoms with Crippen LogP contribution in [0.25, 0.3) is 5.65 Å². The molecule has 1 aromatic carbocycles. The van der Waals surface area contributed by atoms with Gasteiger partial charge in [-0.3, -0.25) is 4.79 Å². The van der Waals surface area contributed by atoms with E-state index in [0.717, 1.165) is 18.4 Å². The second-order valence-corrected chi connectivity index (χ2v) is 9.40. The van der Waals surface area contributed by atoms with Crippen molar-refractivity contribution in [2.45, 2.75) is 45.3 Å². The predicted molar refractivity (Wildman–Crippen MR) is 124 cm³/mol. The first kappa shape index (κ1) is 23.2. The number of aliphatic hydroxyl groups is 1. The molecule has 1 amide bonds. The van der Waals surface area contributed by atoms with Gasteiger partial charge in [0, 0.05) is 37.5 Å². The highest BCUT2D eigenvalue weighted by molar-refractivity contribution is 5.95. The van der Waals surface area contributed by atoms with Crippen molar-refractivity contribution < 1.29 is 18.7 Å². The largest absolute Gasteiger partial charge is 0.390 e. The van der Waals surface area contributed by atoms with E-state index in [2.05, 4.69) is 11.2 Å². The molecule has 2 aromatic heterocycles. The number of rotatable bonds is 3. The van der Waals surface area contributed by atoms with Gasteiger partial charge in [-0.2, -0.15) is 10.4 Å². The number of likely N-dealkylation sites (tertiary alicyclic amines) is 1. The summed E-state index contributed by atoms with van der Waals surface area (Å²) in [6, 6.07) is 6.30. The van der Waals surface area contributed by atoms with E-state index in [1.165, 1.54) is 19.1 Å². The minimum atomic E-state index is -1.13. The molecule has 2 aliphatic rings. The highest BCUT2D eigenvalue weighted by atomic mass is 19.2. The Morgan fingerprint density at radius 1 is 1.17 bits per heavy atom. The number of nitrogens with zero attached hydrogens (tertiary/aromatic N) is 6. The van der Waals surface area contributed by atoms with E-state index in [4.69, 9.17) is 4.98 Å². The Hall–Kier alpha value is -3.58. The van der Waals surface area contributed by atoms with Crippen LogP contribution < -0.4 is 4.90 Å². The first-order valence-corrected chi connectivity index (χ1v) is 11.7. The second kappa shape index (κ2) is 8.89. The van der Waals surface area contributed by atoms with E-state index in [1.807, 2.05) is 18.0 Å². The summed E-state index contributed by atoms with van der Waals surface area (Å²) in [6.45, 7) is 4.49. The van der Waals surface area contributed by atoms with E-state index in [-0.39, 0.29) is 17.2 Å². The minimum Gasteiger partial charge on any atom is -0.390 e. The summed E-state index contributed by atoms with van der Waals surface area (Å²) in [5, 5.41) is 24.0. The fraction of sp³-hybridized carbons (Fsp3) is 0.440. The molecular weight excluding hydrogens is 454 g/mol. The number of halogens is 2. The van der Waals surface area contributed by atoms with Crippen LogP contribution in [-0.4, -0.2) is 56.2 Å². The first-order valence-electron chi connectivity index (χ1n) is 11.7. The molecule has 3 atom stereocenters. The number of aliphatic hydroxyl groups excluding tert-OH is 1. The van der Waals surface area contributed by atoms with Crippen molar-refractivity contribution in [3.05, 3.63) is 58.4 Å². The van der Waals surface area contributed by atoms with E-state index in [9.17, 15) is 23.9 Å². The molecule has 0 spiro atoms. The quantitative estimate of drug-likeness (QED) is 0.618. The molecule has 182 valence electrons. The number of amides is 1. The van der Waals surface area contributed by atoms with Crippen LogP contribution in [0.2, 0.25) is 0 Å². The van der Waals surface area contributed by atoms with Crippen LogP contribution in [0.4, 0.5) is 14.6 Å². The molecule has 5 rings (SSSR count). The zero-order chi connectivity index (χ0) is 24.9. The smallest absolute Gasteiger partial charge is 0.257 e. The maximum atomic E-state index is 14.6.